The molecule has 1 heterocycles. The third kappa shape index (κ3) is 6.11. The molecule has 28 heavy (non-hydrogen) atoms. The van der Waals surface area contributed by atoms with Crippen LogP contribution in [0.25, 0.3) is 0 Å². The van der Waals surface area contributed by atoms with Gasteiger partial charge in [0.1, 0.15) is 0 Å². The van der Waals surface area contributed by atoms with E-state index in [1.54, 1.807) is 6.20 Å². The Kier molecular flexibility index (Phi) is 9.59. The number of pyridine rings is 1. The van der Waals surface area contributed by atoms with Crippen LogP contribution in [-0.2, 0) is 19.4 Å². The van der Waals surface area contributed by atoms with Gasteiger partial charge in [0.2, 0.25) is 0 Å². The molecule has 1 saturated carbocycles. The summed E-state index contributed by atoms with van der Waals surface area (Å²) in [6, 6.07) is 4.85. The van der Waals surface area contributed by atoms with Crippen molar-refractivity contribution < 1.29 is 0 Å². The molecule has 2 aliphatic carbocycles. The average molecular weight is 383 g/mol. The van der Waals surface area contributed by atoms with Gasteiger partial charge in [-0.2, -0.15) is 0 Å². The van der Waals surface area contributed by atoms with Crippen molar-refractivity contribution in [3.63, 3.8) is 0 Å². The van der Waals surface area contributed by atoms with Crippen molar-refractivity contribution in [3.8, 4) is 0 Å². The second kappa shape index (κ2) is 11.9. The lowest BCUT2D eigenvalue weighted by Gasteiger charge is -2.35. The molecule has 4 heteroatoms. The number of nitrogens with zero attached hydrogens (tertiary/aromatic N) is 3. The zero-order valence-corrected chi connectivity index (χ0v) is 17.9. The molecule has 0 saturated heterocycles. The molecule has 0 aromatic carbocycles. The summed E-state index contributed by atoms with van der Waals surface area (Å²) in [5, 5.41) is 0. The topological polar surface area (TPSA) is 54.5 Å². The maximum Gasteiger partial charge on any atom is 0.0601 e. The Morgan fingerprint density at radius 1 is 1.21 bits per heavy atom. The molecule has 0 amide bonds. The molecule has 0 bridgehead atoms. The van der Waals surface area contributed by atoms with E-state index in [0.29, 0.717) is 6.04 Å². The summed E-state index contributed by atoms with van der Waals surface area (Å²) < 4.78 is 0. The van der Waals surface area contributed by atoms with E-state index >= 15 is 0 Å². The van der Waals surface area contributed by atoms with Gasteiger partial charge in [-0.3, -0.25) is 14.9 Å². The number of aryl methyl sites for hydroxylation is 2. The van der Waals surface area contributed by atoms with E-state index in [-0.39, 0.29) is 0 Å². The molecule has 4 nitrogen and oxygen atoms in total. The number of aromatic nitrogens is 1. The van der Waals surface area contributed by atoms with E-state index in [2.05, 4.69) is 49.0 Å². The molecular weight excluding hydrogens is 344 g/mol. The fourth-order valence-corrected chi connectivity index (χ4v) is 4.01. The Bertz CT molecular complexity index is 675. The minimum atomic E-state index is 0.340. The lowest BCUT2D eigenvalue weighted by Crippen LogP contribution is -2.43. The van der Waals surface area contributed by atoms with Crippen molar-refractivity contribution in [2.75, 3.05) is 13.1 Å². The summed E-state index contributed by atoms with van der Waals surface area (Å²) >= 11 is 0. The van der Waals surface area contributed by atoms with Gasteiger partial charge in [-0.05, 0) is 81.7 Å². The zero-order valence-electron chi connectivity index (χ0n) is 17.9. The monoisotopic (exact) mass is 382 g/mol. The summed E-state index contributed by atoms with van der Waals surface area (Å²) in [6.45, 7) is 15.0. The summed E-state index contributed by atoms with van der Waals surface area (Å²) in [6.07, 6.45) is 11.1. The first kappa shape index (κ1) is 22.5. The van der Waals surface area contributed by atoms with Gasteiger partial charge in [0, 0.05) is 18.4 Å². The molecule has 1 unspecified atom stereocenters. The number of hydrogen-bond acceptors (Lipinski definition) is 4. The van der Waals surface area contributed by atoms with Crippen LogP contribution in [0.2, 0.25) is 0 Å². The molecule has 1 aromatic heterocycles. The molecule has 154 valence electrons. The molecular formula is C24H38N4. The molecule has 0 radical (unpaired) electrons. The number of fused-ring (bicyclic) bond motifs is 1. The molecule has 0 aliphatic heterocycles. The fraction of sp³-hybridized carbons (Fsp3) is 0.583. The molecule has 3 rings (SSSR count). The normalized spacial score (nSPS) is 20.5. The largest absolute Gasteiger partial charge is 0.330 e. The highest BCUT2D eigenvalue weighted by molar-refractivity contribution is 6.04. The Morgan fingerprint density at radius 2 is 1.96 bits per heavy atom. The van der Waals surface area contributed by atoms with Gasteiger partial charge in [0.15, 0.2) is 0 Å². The second-order valence-corrected chi connectivity index (χ2v) is 7.68. The maximum atomic E-state index is 5.03. The Labute approximate surface area is 171 Å². The summed E-state index contributed by atoms with van der Waals surface area (Å²) in [4.78, 5) is 12.0. The maximum absolute atomic E-state index is 5.03. The zero-order chi connectivity index (χ0) is 20.4. The van der Waals surface area contributed by atoms with Crippen LogP contribution in [0.1, 0.15) is 69.3 Å². The predicted octanol–water partition coefficient (Wildman–Crippen LogP) is 4.83. The van der Waals surface area contributed by atoms with Crippen molar-refractivity contribution in [1.82, 2.24) is 9.88 Å². The molecule has 1 fully saturated rings. The number of aliphatic imine (C=N–C) groups is 1. The van der Waals surface area contributed by atoms with Gasteiger partial charge in [0.05, 0.1) is 17.4 Å². The van der Waals surface area contributed by atoms with Crippen molar-refractivity contribution in [1.29, 1.82) is 0 Å². The molecule has 1 aromatic rings. The Hall–Kier alpha value is -1.78. The van der Waals surface area contributed by atoms with Crippen molar-refractivity contribution in [3.05, 3.63) is 54.0 Å². The van der Waals surface area contributed by atoms with Gasteiger partial charge in [0.25, 0.3) is 0 Å². The minimum absolute atomic E-state index is 0.340. The highest BCUT2D eigenvalue weighted by Crippen LogP contribution is 2.26. The van der Waals surface area contributed by atoms with Crippen LogP contribution in [0.3, 0.4) is 0 Å². The predicted molar refractivity (Wildman–Crippen MR) is 121 cm³/mol. The van der Waals surface area contributed by atoms with Crippen LogP contribution in [0.5, 0.6) is 0 Å². The standard InChI is InChI=1S/C21H29N3.C3H9N/c1-4-22-21-16(3)9-8-12-20(21)24(5-2)15-18-14-13-17-10-6-7-11-19(17)23-18;1-2-3-4/h4,13-14,20H,1,3,5-12,15H2,2H3;2-4H2,1H3. The average Bonchev–Trinajstić information content (AvgIpc) is 2.74. The van der Waals surface area contributed by atoms with E-state index < -0.39 is 0 Å². The SMILES string of the molecule is C=CN=C1C(=C)CCCC1N(CC)Cc1ccc2c(n1)CCCC2.CCCN. The van der Waals surface area contributed by atoms with Crippen LogP contribution >= 0.6 is 0 Å². The van der Waals surface area contributed by atoms with Gasteiger partial charge < -0.3 is 5.73 Å². The highest BCUT2D eigenvalue weighted by atomic mass is 15.2. The molecule has 2 aliphatic rings. The molecule has 0 spiro atoms. The Balaban J connectivity index is 0.000000640. The Morgan fingerprint density at radius 3 is 2.64 bits per heavy atom. The summed E-state index contributed by atoms with van der Waals surface area (Å²) in [5.74, 6) is 0. The van der Waals surface area contributed by atoms with E-state index in [1.165, 1.54) is 48.2 Å². The summed E-state index contributed by atoms with van der Waals surface area (Å²) in [5.41, 5.74) is 11.3. The first-order valence-electron chi connectivity index (χ1n) is 10.9. The summed E-state index contributed by atoms with van der Waals surface area (Å²) in [7, 11) is 0. The van der Waals surface area contributed by atoms with Crippen molar-refractivity contribution in [2.45, 2.75) is 77.8 Å². The van der Waals surface area contributed by atoms with Crippen molar-refractivity contribution >= 4 is 5.71 Å². The van der Waals surface area contributed by atoms with Gasteiger partial charge in [-0.15, -0.1) is 0 Å². The quantitative estimate of drug-likeness (QED) is 0.766. The van der Waals surface area contributed by atoms with E-state index in [1.807, 2.05) is 0 Å². The van der Waals surface area contributed by atoms with Crippen LogP contribution in [0, 0.1) is 0 Å². The highest BCUT2D eigenvalue weighted by Gasteiger charge is 2.28. The number of rotatable bonds is 6. The van der Waals surface area contributed by atoms with Crippen LogP contribution in [0.15, 0.2) is 42.1 Å². The lowest BCUT2D eigenvalue weighted by atomic mass is 9.88. The van der Waals surface area contributed by atoms with Crippen molar-refractivity contribution in [2.24, 2.45) is 10.7 Å². The minimum Gasteiger partial charge on any atom is -0.330 e. The van der Waals surface area contributed by atoms with Crippen LogP contribution < -0.4 is 5.73 Å². The number of hydrogen-bond donors (Lipinski definition) is 1. The van der Waals surface area contributed by atoms with E-state index in [9.17, 15) is 0 Å². The third-order valence-corrected chi connectivity index (χ3v) is 5.60. The smallest absolute Gasteiger partial charge is 0.0601 e. The molecule has 1 atom stereocenters. The fourth-order valence-electron chi connectivity index (χ4n) is 4.01. The molecule has 2 N–H and O–H groups in total. The van der Waals surface area contributed by atoms with Crippen LogP contribution in [-0.4, -0.2) is 34.7 Å². The lowest BCUT2D eigenvalue weighted by molar-refractivity contribution is 0.226. The van der Waals surface area contributed by atoms with E-state index in [0.717, 1.165) is 51.0 Å². The second-order valence-electron chi connectivity index (χ2n) is 7.68. The van der Waals surface area contributed by atoms with Gasteiger partial charge >= 0.3 is 0 Å². The third-order valence-electron chi connectivity index (χ3n) is 5.60. The van der Waals surface area contributed by atoms with Crippen LogP contribution in [0.4, 0.5) is 0 Å². The first-order valence-corrected chi connectivity index (χ1v) is 10.9. The number of nitrogens with two attached hydrogens (primary N) is 1. The van der Waals surface area contributed by atoms with Gasteiger partial charge in [-0.25, -0.2) is 0 Å². The van der Waals surface area contributed by atoms with Gasteiger partial charge in [-0.1, -0.05) is 33.1 Å². The first-order chi connectivity index (χ1) is 13.6. The van der Waals surface area contributed by atoms with E-state index in [4.69, 9.17) is 10.7 Å².